The molecule has 0 saturated carbocycles. The average Bonchev–Trinajstić information content (AvgIpc) is 2.54. The van der Waals surface area contributed by atoms with Crippen LogP contribution >= 0.6 is 0 Å². The lowest BCUT2D eigenvalue weighted by molar-refractivity contribution is -0.145. The number of hydrogen-bond acceptors (Lipinski definition) is 4. The van der Waals surface area contributed by atoms with Crippen LogP contribution in [0.5, 0.6) is 5.75 Å². The lowest BCUT2D eigenvalue weighted by Crippen LogP contribution is -2.31. The molecule has 2 aromatic carbocycles. The molecule has 0 spiro atoms. The predicted molar refractivity (Wildman–Crippen MR) is 81.1 cm³/mol. The smallest absolute Gasteiger partial charge is 0.325 e. The standard InChI is InChI=1S/C17H17NO4/c19-15-8-6-13(7-9-15)10-16(20)18-11-17(21)22-12-14-4-2-1-3-5-14/h1-9,19H,10-12H2,(H,18,20). The first-order chi connectivity index (χ1) is 10.6. The van der Waals surface area contributed by atoms with Crippen molar-refractivity contribution >= 4 is 11.9 Å². The maximum atomic E-state index is 11.7. The van der Waals surface area contributed by atoms with Gasteiger partial charge in [-0.05, 0) is 23.3 Å². The predicted octanol–water partition coefficient (Wildman–Crippen LogP) is 1.79. The van der Waals surface area contributed by atoms with E-state index in [0.29, 0.717) is 0 Å². The Morgan fingerprint density at radius 2 is 1.64 bits per heavy atom. The summed E-state index contributed by atoms with van der Waals surface area (Å²) in [6.07, 6.45) is 0.145. The quantitative estimate of drug-likeness (QED) is 0.797. The van der Waals surface area contributed by atoms with Crippen molar-refractivity contribution in [3.05, 3.63) is 65.7 Å². The fourth-order valence-electron chi connectivity index (χ4n) is 1.82. The van der Waals surface area contributed by atoms with Gasteiger partial charge in [-0.15, -0.1) is 0 Å². The zero-order valence-electron chi connectivity index (χ0n) is 12.0. The van der Waals surface area contributed by atoms with Crippen molar-refractivity contribution in [3.63, 3.8) is 0 Å². The Morgan fingerprint density at radius 1 is 0.955 bits per heavy atom. The number of phenols is 1. The summed E-state index contributed by atoms with van der Waals surface area (Å²) in [5.41, 5.74) is 1.65. The second-order valence-corrected chi connectivity index (χ2v) is 4.77. The molecule has 5 nitrogen and oxygen atoms in total. The number of amides is 1. The molecule has 0 bridgehead atoms. The van der Waals surface area contributed by atoms with Gasteiger partial charge in [-0.25, -0.2) is 0 Å². The molecule has 0 aliphatic rings. The maximum Gasteiger partial charge on any atom is 0.325 e. The molecule has 114 valence electrons. The van der Waals surface area contributed by atoms with Gasteiger partial charge in [0.1, 0.15) is 18.9 Å². The molecular weight excluding hydrogens is 282 g/mol. The van der Waals surface area contributed by atoms with E-state index < -0.39 is 5.97 Å². The number of hydrogen-bond donors (Lipinski definition) is 2. The van der Waals surface area contributed by atoms with Gasteiger partial charge in [-0.2, -0.15) is 0 Å². The van der Waals surface area contributed by atoms with Crippen molar-refractivity contribution < 1.29 is 19.4 Å². The molecule has 22 heavy (non-hydrogen) atoms. The third kappa shape index (κ3) is 5.28. The Labute approximate surface area is 128 Å². The van der Waals surface area contributed by atoms with Crippen molar-refractivity contribution in [2.75, 3.05) is 6.54 Å². The number of esters is 1. The topological polar surface area (TPSA) is 75.6 Å². The number of nitrogens with one attached hydrogen (secondary N) is 1. The third-order valence-corrected chi connectivity index (χ3v) is 2.97. The van der Waals surface area contributed by atoms with Crippen molar-refractivity contribution in [1.82, 2.24) is 5.32 Å². The van der Waals surface area contributed by atoms with Crippen LogP contribution in [0.3, 0.4) is 0 Å². The van der Waals surface area contributed by atoms with Crippen molar-refractivity contribution in [2.24, 2.45) is 0 Å². The molecule has 1 amide bonds. The summed E-state index contributed by atoms with van der Waals surface area (Å²) in [5.74, 6) is -0.612. The molecule has 5 heteroatoms. The lowest BCUT2D eigenvalue weighted by atomic mass is 10.1. The highest BCUT2D eigenvalue weighted by Crippen LogP contribution is 2.09. The zero-order valence-corrected chi connectivity index (χ0v) is 12.0. The molecule has 0 fully saturated rings. The average molecular weight is 299 g/mol. The molecule has 0 atom stereocenters. The highest BCUT2D eigenvalue weighted by atomic mass is 16.5. The molecule has 0 aliphatic carbocycles. The Balaban J connectivity index is 1.69. The first kappa shape index (κ1) is 15.6. The maximum absolute atomic E-state index is 11.7. The van der Waals surface area contributed by atoms with E-state index in [1.54, 1.807) is 12.1 Å². The van der Waals surface area contributed by atoms with Crippen LogP contribution in [0.2, 0.25) is 0 Å². The number of aromatic hydroxyl groups is 1. The van der Waals surface area contributed by atoms with Crippen LogP contribution in [0.15, 0.2) is 54.6 Å². The molecule has 0 aromatic heterocycles. The van der Waals surface area contributed by atoms with Gasteiger partial charge in [0.05, 0.1) is 6.42 Å². The summed E-state index contributed by atoms with van der Waals surface area (Å²) in [5, 5.41) is 11.7. The Bertz CT molecular complexity index is 623. The molecule has 0 saturated heterocycles. The molecule has 0 heterocycles. The molecule has 0 radical (unpaired) electrons. The van der Waals surface area contributed by atoms with Crippen LogP contribution in [0, 0.1) is 0 Å². The number of carbonyl (C=O) groups excluding carboxylic acids is 2. The molecular formula is C17H17NO4. The van der Waals surface area contributed by atoms with Gasteiger partial charge in [0, 0.05) is 0 Å². The van der Waals surface area contributed by atoms with Gasteiger partial charge in [0.2, 0.25) is 5.91 Å². The summed E-state index contributed by atoms with van der Waals surface area (Å²) < 4.78 is 5.06. The van der Waals surface area contributed by atoms with Crippen LogP contribution in [0.1, 0.15) is 11.1 Å². The summed E-state index contributed by atoms with van der Waals surface area (Å²) in [4.78, 5) is 23.2. The summed E-state index contributed by atoms with van der Waals surface area (Å²) in [6, 6.07) is 15.7. The van der Waals surface area contributed by atoms with Gasteiger partial charge in [0.25, 0.3) is 0 Å². The van der Waals surface area contributed by atoms with Gasteiger partial charge >= 0.3 is 5.97 Å². The molecule has 2 aromatic rings. The minimum atomic E-state index is -0.483. The Hall–Kier alpha value is -2.82. The number of ether oxygens (including phenoxy) is 1. The third-order valence-electron chi connectivity index (χ3n) is 2.97. The number of benzene rings is 2. The first-order valence-corrected chi connectivity index (χ1v) is 6.87. The second kappa shape index (κ2) is 7.83. The monoisotopic (exact) mass is 299 g/mol. The minimum Gasteiger partial charge on any atom is -0.508 e. The highest BCUT2D eigenvalue weighted by Gasteiger charge is 2.08. The highest BCUT2D eigenvalue weighted by molar-refractivity contribution is 5.83. The van der Waals surface area contributed by atoms with Crippen LogP contribution in [0.25, 0.3) is 0 Å². The Kier molecular flexibility index (Phi) is 5.54. The van der Waals surface area contributed by atoms with Crippen LogP contribution < -0.4 is 5.32 Å². The van der Waals surface area contributed by atoms with Crippen LogP contribution in [-0.4, -0.2) is 23.5 Å². The molecule has 2 rings (SSSR count). The number of rotatable bonds is 6. The Morgan fingerprint density at radius 3 is 2.32 bits per heavy atom. The summed E-state index contributed by atoms with van der Waals surface area (Å²) in [7, 11) is 0. The van der Waals surface area contributed by atoms with Gasteiger partial charge in [0.15, 0.2) is 0 Å². The van der Waals surface area contributed by atoms with E-state index in [-0.39, 0.29) is 31.2 Å². The largest absolute Gasteiger partial charge is 0.508 e. The minimum absolute atomic E-state index is 0.145. The lowest BCUT2D eigenvalue weighted by Gasteiger charge is -2.07. The van der Waals surface area contributed by atoms with Gasteiger partial charge < -0.3 is 15.2 Å². The van der Waals surface area contributed by atoms with E-state index in [1.807, 2.05) is 30.3 Å². The summed E-state index contributed by atoms with van der Waals surface area (Å²) >= 11 is 0. The molecule has 2 N–H and O–H groups in total. The second-order valence-electron chi connectivity index (χ2n) is 4.77. The van der Waals surface area contributed by atoms with Gasteiger partial charge in [-0.1, -0.05) is 42.5 Å². The fraction of sp³-hybridized carbons (Fsp3) is 0.176. The number of phenolic OH excluding ortho intramolecular Hbond substituents is 1. The van der Waals surface area contributed by atoms with E-state index in [9.17, 15) is 9.59 Å². The van der Waals surface area contributed by atoms with E-state index in [1.165, 1.54) is 12.1 Å². The van der Waals surface area contributed by atoms with E-state index in [4.69, 9.17) is 9.84 Å². The van der Waals surface area contributed by atoms with Gasteiger partial charge in [-0.3, -0.25) is 9.59 Å². The van der Waals surface area contributed by atoms with Crippen molar-refractivity contribution in [3.8, 4) is 5.75 Å². The normalized spacial score (nSPS) is 10.0. The summed E-state index contributed by atoms with van der Waals surface area (Å²) in [6.45, 7) is 0.0251. The zero-order chi connectivity index (χ0) is 15.8. The first-order valence-electron chi connectivity index (χ1n) is 6.87. The van der Waals surface area contributed by atoms with Crippen molar-refractivity contribution in [2.45, 2.75) is 13.0 Å². The van der Waals surface area contributed by atoms with Crippen LogP contribution in [-0.2, 0) is 27.4 Å². The molecule has 0 unspecified atom stereocenters. The van der Waals surface area contributed by atoms with E-state index >= 15 is 0 Å². The molecule has 0 aliphatic heterocycles. The number of carbonyl (C=O) groups is 2. The SMILES string of the molecule is O=C(Cc1ccc(O)cc1)NCC(=O)OCc1ccccc1. The van der Waals surface area contributed by atoms with E-state index in [0.717, 1.165) is 11.1 Å². The fourth-order valence-corrected chi connectivity index (χ4v) is 1.82. The van der Waals surface area contributed by atoms with Crippen LogP contribution in [0.4, 0.5) is 0 Å². The van der Waals surface area contributed by atoms with E-state index in [2.05, 4.69) is 5.32 Å². The van der Waals surface area contributed by atoms with Crippen molar-refractivity contribution in [1.29, 1.82) is 0 Å².